The molecule has 112 valence electrons. The number of alkyl halides is 3. The molecule has 0 fully saturated rings. The average molecular weight is 312 g/mol. The van der Waals surface area contributed by atoms with Gasteiger partial charge in [0.2, 0.25) is 10.0 Å². The fraction of sp³-hybridized carbons (Fsp3) is 0.300. The summed E-state index contributed by atoms with van der Waals surface area (Å²) in [5.41, 5.74) is -0.0961. The van der Waals surface area contributed by atoms with Gasteiger partial charge >= 0.3 is 6.36 Å². The van der Waals surface area contributed by atoms with Crippen molar-refractivity contribution in [3.8, 4) is 5.75 Å². The predicted octanol–water partition coefficient (Wildman–Crippen LogP) is 0.604. The van der Waals surface area contributed by atoms with Gasteiger partial charge in [0.25, 0.3) is 5.91 Å². The number of nitrogens with two attached hydrogens (primary N) is 1. The minimum absolute atomic E-state index is 0.0961. The molecule has 0 unspecified atom stereocenters. The summed E-state index contributed by atoms with van der Waals surface area (Å²) in [5, 5.41) is 6.94. The Labute approximate surface area is 112 Å². The molecule has 0 saturated heterocycles. The van der Waals surface area contributed by atoms with Gasteiger partial charge in [-0.25, -0.2) is 13.6 Å². The molecule has 1 aromatic rings. The Bertz CT molecular complexity index is 586. The van der Waals surface area contributed by atoms with E-state index >= 15 is 0 Å². The van der Waals surface area contributed by atoms with Crippen molar-refractivity contribution in [1.29, 1.82) is 0 Å². The zero-order chi connectivity index (χ0) is 15.4. The number of amides is 1. The zero-order valence-electron chi connectivity index (χ0n) is 9.98. The molecule has 3 N–H and O–H groups in total. The van der Waals surface area contributed by atoms with Crippen molar-refractivity contribution in [2.45, 2.75) is 6.36 Å². The van der Waals surface area contributed by atoms with Gasteiger partial charge in [-0.15, -0.1) is 13.2 Å². The number of ether oxygens (including phenoxy) is 1. The molecule has 0 atom stereocenters. The lowest BCUT2D eigenvalue weighted by molar-refractivity contribution is -0.274. The number of rotatable bonds is 5. The standard InChI is InChI=1S/C10H11F3N2O4S/c11-10(12,13)19-8-3-1-2-7(6-8)9(16)15-4-5-20(14,17)18/h1-3,6H,4-5H2,(H,15,16)(H2,14,17,18). The van der Waals surface area contributed by atoms with Crippen LogP contribution in [0.25, 0.3) is 0 Å². The van der Waals surface area contributed by atoms with Gasteiger partial charge < -0.3 is 10.1 Å². The minimum atomic E-state index is -4.86. The first kappa shape index (κ1) is 16.2. The summed E-state index contributed by atoms with van der Waals surface area (Å²) in [6.45, 7) is -0.248. The first-order valence-electron chi connectivity index (χ1n) is 5.21. The first-order chi connectivity index (χ1) is 9.07. The number of hydrogen-bond donors (Lipinski definition) is 2. The summed E-state index contributed by atoms with van der Waals surface area (Å²) in [7, 11) is -3.72. The van der Waals surface area contributed by atoms with Crippen molar-refractivity contribution in [3.63, 3.8) is 0 Å². The molecule has 6 nitrogen and oxygen atoms in total. The molecule has 0 aliphatic heterocycles. The van der Waals surface area contributed by atoms with Crippen LogP contribution in [0.4, 0.5) is 13.2 Å². The number of primary sulfonamides is 1. The van der Waals surface area contributed by atoms with Crippen molar-refractivity contribution in [3.05, 3.63) is 29.8 Å². The number of nitrogens with one attached hydrogen (secondary N) is 1. The molecule has 0 bridgehead atoms. The van der Waals surface area contributed by atoms with Crippen LogP contribution in [0.15, 0.2) is 24.3 Å². The molecule has 10 heteroatoms. The quantitative estimate of drug-likeness (QED) is 0.832. The lowest BCUT2D eigenvalue weighted by Gasteiger charge is -2.10. The van der Waals surface area contributed by atoms with E-state index in [2.05, 4.69) is 10.1 Å². The Morgan fingerprint density at radius 2 is 2.00 bits per heavy atom. The van der Waals surface area contributed by atoms with Crippen LogP contribution >= 0.6 is 0 Å². The average Bonchev–Trinajstić information content (AvgIpc) is 2.25. The van der Waals surface area contributed by atoms with E-state index in [0.29, 0.717) is 0 Å². The normalized spacial score (nSPS) is 12.0. The van der Waals surface area contributed by atoms with Crippen molar-refractivity contribution < 1.29 is 31.1 Å². The van der Waals surface area contributed by atoms with Crippen LogP contribution in [0.1, 0.15) is 10.4 Å². The summed E-state index contributed by atoms with van der Waals surface area (Å²) in [4.78, 5) is 11.6. The van der Waals surface area contributed by atoms with Crippen molar-refractivity contribution in [2.24, 2.45) is 5.14 Å². The van der Waals surface area contributed by atoms with Crippen LogP contribution in [0.3, 0.4) is 0 Å². The Kier molecular flexibility index (Phi) is 4.95. The molecule has 0 aromatic heterocycles. The van der Waals surface area contributed by atoms with Gasteiger partial charge in [-0.3, -0.25) is 4.79 Å². The summed E-state index contributed by atoms with van der Waals surface area (Å²) in [6.07, 6.45) is -4.86. The van der Waals surface area contributed by atoms with Crippen molar-refractivity contribution >= 4 is 15.9 Å². The molecular formula is C10H11F3N2O4S. The van der Waals surface area contributed by atoms with E-state index in [4.69, 9.17) is 5.14 Å². The highest BCUT2D eigenvalue weighted by Crippen LogP contribution is 2.23. The maximum absolute atomic E-state index is 12.0. The molecule has 0 spiro atoms. The van der Waals surface area contributed by atoms with Gasteiger partial charge in [0.15, 0.2) is 0 Å². The summed E-state index contributed by atoms with van der Waals surface area (Å²) >= 11 is 0. The van der Waals surface area contributed by atoms with Crippen LogP contribution in [0.2, 0.25) is 0 Å². The lowest BCUT2D eigenvalue weighted by atomic mass is 10.2. The van der Waals surface area contributed by atoms with Gasteiger partial charge in [-0.2, -0.15) is 0 Å². The first-order valence-corrected chi connectivity index (χ1v) is 6.93. The number of sulfonamides is 1. The fourth-order valence-electron chi connectivity index (χ4n) is 1.24. The van der Waals surface area contributed by atoms with Gasteiger partial charge in [0, 0.05) is 12.1 Å². The molecule has 20 heavy (non-hydrogen) atoms. The Balaban J connectivity index is 2.67. The van der Waals surface area contributed by atoms with E-state index in [-0.39, 0.29) is 12.1 Å². The van der Waals surface area contributed by atoms with Crippen LogP contribution in [-0.4, -0.2) is 33.0 Å². The lowest BCUT2D eigenvalue weighted by Crippen LogP contribution is -2.31. The van der Waals surface area contributed by atoms with Gasteiger partial charge in [0.05, 0.1) is 5.75 Å². The number of carbonyl (C=O) groups is 1. The highest BCUT2D eigenvalue weighted by molar-refractivity contribution is 7.89. The second-order valence-electron chi connectivity index (χ2n) is 3.70. The summed E-state index contributed by atoms with van der Waals surface area (Å²) in [6, 6.07) is 4.39. The summed E-state index contributed by atoms with van der Waals surface area (Å²) in [5.74, 6) is -1.75. The van der Waals surface area contributed by atoms with Crippen LogP contribution in [0, 0.1) is 0 Å². The molecule has 0 aliphatic rings. The Morgan fingerprint density at radius 3 is 2.55 bits per heavy atom. The number of carbonyl (C=O) groups excluding carboxylic acids is 1. The molecule has 0 heterocycles. The van der Waals surface area contributed by atoms with E-state index in [1.54, 1.807) is 0 Å². The Hall–Kier alpha value is -1.81. The van der Waals surface area contributed by atoms with E-state index in [1.165, 1.54) is 12.1 Å². The largest absolute Gasteiger partial charge is 0.573 e. The monoisotopic (exact) mass is 312 g/mol. The second kappa shape index (κ2) is 6.09. The molecule has 1 amide bonds. The fourth-order valence-corrected chi connectivity index (χ4v) is 1.63. The molecule has 1 aromatic carbocycles. The van der Waals surface area contributed by atoms with E-state index in [0.717, 1.165) is 12.1 Å². The van der Waals surface area contributed by atoms with E-state index in [1.807, 2.05) is 0 Å². The van der Waals surface area contributed by atoms with E-state index in [9.17, 15) is 26.4 Å². The van der Waals surface area contributed by atoms with Crippen LogP contribution in [0.5, 0.6) is 5.75 Å². The number of benzene rings is 1. The van der Waals surface area contributed by atoms with Gasteiger partial charge in [-0.1, -0.05) is 6.07 Å². The molecule has 1 rings (SSSR count). The molecule has 0 aliphatic carbocycles. The van der Waals surface area contributed by atoms with E-state index < -0.39 is 33.8 Å². The Morgan fingerprint density at radius 1 is 1.35 bits per heavy atom. The SMILES string of the molecule is NS(=O)(=O)CCNC(=O)c1cccc(OC(F)(F)F)c1. The minimum Gasteiger partial charge on any atom is -0.406 e. The topological polar surface area (TPSA) is 98.5 Å². The van der Waals surface area contributed by atoms with Crippen LogP contribution < -0.4 is 15.2 Å². The summed E-state index contributed by atoms with van der Waals surface area (Å²) < 4.78 is 61.0. The molecule has 0 radical (unpaired) electrons. The predicted molar refractivity (Wildman–Crippen MR) is 63.4 cm³/mol. The smallest absolute Gasteiger partial charge is 0.406 e. The maximum Gasteiger partial charge on any atom is 0.573 e. The highest BCUT2D eigenvalue weighted by Gasteiger charge is 2.31. The third-order valence-electron chi connectivity index (χ3n) is 2.00. The van der Waals surface area contributed by atoms with Gasteiger partial charge in [0.1, 0.15) is 5.75 Å². The highest BCUT2D eigenvalue weighted by atomic mass is 32.2. The number of hydrogen-bond acceptors (Lipinski definition) is 4. The number of halogens is 3. The maximum atomic E-state index is 12.0. The molecular weight excluding hydrogens is 301 g/mol. The van der Waals surface area contributed by atoms with Crippen LogP contribution in [-0.2, 0) is 10.0 Å². The third-order valence-corrected chi connectivity index (χ3v) is 2.78. The molecule has 0 saturated carbocycles. The van der Waals surface area contributed by atoms with Gasteiger partial charge in [-0.05, 0) is 18.2 Å². The van der Waals surface area contributed by atoms with Crippen molar-refractivity contribution in [1.82, 2.24) is 5.32 Å². The second-order valence-corrected chi connectivity index (χ2v) is 5.43. The zero-order valence-corrected chi connectivity index (χ0v) is 10.8. The van der Waals surface area contributed by atoms with Crippen molar-refractivity contribution in [2.75, 3.05) is 12.3 Å². The third kappa shape index (κ3) is 6.38.